The second kappa shape index (κ2) is 11.9. The third kappa shape index (κ3) is 6.04. The van der Waals surface area contributed by atoms with Gasteiger partial charge in [-0.15, -0.1) is 0 Å². The molecule has 3 aromatic rings. The van der Waals surface area contributed by atoms with Gasteiger partial charge < -0.3 is 25.4 Å². The van der Waals surface area contributed by atoms with Crippen LogP contribution in [-0.4, -0.2) is 66.4 Å². The van der Waals surface area contributed by atoms with Gasteiger partial charge in [-0.1, -0.05) is 64.2 Å². The van der Waals surface area contributed by atoms with Crippen LogP contribution < -0.4 is 5.32 Å². The Hall–Kier alpha value is -3.17. The van der Waals surface area contributed by atoms with Crippen molar-refractivity contribution in [3.8, 4) is 0 Å². The van der Waals surface area contributed by atoms with Crippen LogP contribution in [0.2, 0.25) is 0 Å². The summed E-state index contributed by atoms with van der Waals surface area (Å²) in [4.78, 5) is 32.4. The van der Waals surface area contributed by atoms with E-state index in [0.717, 1.165) is 42.1 Å². The van der Waals surface area contributed by atoms with Crippen molar-refractivity contribution in [3.05, 3.63) is 53.5 Å². The highest BCUT2D eigenvalue weighted by atomic mass is 16.3. The summed E-state index contributed by atoms with van der Waals surface area (Å²) in [6.45, 7) is 4.32. The van der Waals surface area contributed by atoms with Crippen LogP contribution in [0.4, 0.5) is 0 Å². The lowest BCUT2D eigenvalue weighted by molar-refractivity contribution is -0.128. The number of rotatable bonds is 11. The van der Waals surface area contributed by atoms with Gasteiger partial charge in [-0.2, -0.15) is 5.10 Å². The maximum Gasteiger partial charge on any atom is 0.271 e. The van der Waals surface area contributed by atoms with E-state index in [1.165, 1.54) is 6.42 Å². The number of H-pyrrole nitrogens is 2. The van der Waals surface area contributed by atoms with E-state index in [0.29, 0.717) is 36.7 Å². The Morgan fingerprint density at radius 1 is 1.15 bits per heavy atom. The van der Waals surface area contributed by atoms with E-state index in [9.17, 15) is 19.8 Å². The maximum atomic E-state index is 14.0. The molecule has 4 atom stereocenters. The summed E-state index contributed by atoms with van der Waals surface area (Å²) in [6.07, 6.45) is 6.58. The molecule has 9 nitrogen and oxygen atoms in total. The molecule has 5 rings (SSSR count). The first kappa shape index (κ1) is 27.4. The van der Waals surface area contributed by atoms with Gasteiger partial charge in [0.1, 0.15) is 17.8 Å². The molecule has 210 valence electrons. The molecule has 2 amide bonds. The van der Waals surface area contributed by atoms with Crippen molar-refractivity contribution in [2.24, 2.45) is 11.8 Å². The molecule has 1 fully saturated rings. The summed E-state index contributed by atoms with van der Waals surface area (Å²) in [7, 11) is 0. The standard InChI is InChI=1S/C30H41N5O4/c1-18(2)14-26(36)28(37)24(15-19-8-4-3-5-9-19)33-29(38)25(16-20-12-13-31-34-20)35-17-22-21-10-6-7-11-23(21)32-27(22)30(35)39/h6-7,10-13,18-19,24-26,28,32,36-37H,3-5,8-9,14-17H2,1-2H3,(H,31,34)(H,33,38). The Morgan fingerprint density at radius 2 is 1.92 bits per heavy atom. The molecule has 0 spiro atoms. The predicted molar refractivity (Wildman–Crippen MR) is 149 cm³/mol. The molecule has 2 aromatic heterocycles. The van der Waals surface area contributed by atoms with Crippen LogP contribution in [0.15, 0.2) is 36.5 Å². The van der Waals surface area contributed by atoms with Gasteiger partial charge >= 0.3 is 0 Å². The lowest BCUT2D eigenvalue weighted by Crippen LogP contribution is -2.56. The molecule has 1 aromatic carbocycles. The summed E-state index contributed by atoms with van der Waals surface area (Å²) >= 11 is 0. The molecular formula is C30H41N5O4. The number of aliphatic hydroxyl groups is 2. The molecule has 0 saturated heterocycles. The molecule has 4 unspecified atom stereocenters. The molecule has 39 heavy (non-hydrogen) atoms. The van der Waals surface area contributed by atoms with Gasteiger partial charge in [-0.3, -0.25) is 14.7 Å². The fraction of sp³-hybridized carbons (Fsp3) is 0.567. The van der Waals surface area contributed by atoms with Gasteiger partial charge in [-0.05, 0) is 36.8 Å². The summed E-state index contributed by atoms with van der Waals surface area (Å²) in [5.74, 6) is 0.0343. The van der Waals surface area contributed by atoms with Gasteiger partial charge in [0.25, 0.3) is 5.91 Å². The van der Waals surface area contributed by atoms with Crippen molar-refractivity contribution < 1.29 is 19.8 Å². The number of para-hydroxylation sites is 1. The Labute approximate surface area is 229 Å². The topological polar surface area (TPSA) is 134 Å². The van der Waals surface area contributed by atoms with Crippen molar-refractivity contribution in [3.63, 3.8) is 0 Å². The fourth-order valence-electron chi connectivity index (χ4n) is 6.37. The maximum absolute atomic E-state index is 14.0. The minimum absolute atomic E-state index is 0.208. The lowest BCUT2D eigenvalue weighted by Gasteiger charge is -2.35. The minimum atomic E-state index is -1.09. The molecule has 9 heteroatoms. The van der Waals surface area contributed by atoms with Gasteiger partial charge in [0.05, 0.1) is 17.8 Å². The second-order valence-electron chi connectivity index (χ2n) is 11.8. The second-order valence-corrected chi connectivity index (χ2v) is 11.8. The molecule has 1 aliphatic carbocycles. The van der Waals surface area contributed by atoms with Gasteiger partial charge in [-0.25, -0.2) is 0 Å². The Balaban J connectivity index is 1.39. The molecule has 0 radical (unpaired) electrons. The number of hydrogen-bond acceptors (Lipinski definition) is 5. The van der Waals surface area contributed by atoms with Crippen LogP contribution in [-0.2, 0) is 17.8 Å². The number of nitrogens with one attached hydrogen (secondary N) is 3. The third-order valence-electron chi connectivity index (χ3n) is 8.42. The van der Waals surface area contributed by atoms with E-state index in [2.05, 4.69) is 20.5 Å². The number of aromatic amines is 2. The van der Waals surface area contributed by atoms with Crippen LogP contribution in [0.25, 0.3) is 10.9 Å². The summed E-state index contributed by atoms with van der Waals surface area (Å²) in [5.41, 5.74) is 2.98. The first-order valence-electron chi connectivity index (χ1n) is 14.4. The van der Waals surface area contributed by atoms with E-state index < -0.39 is 24.3 Å². The van der Waals surface area contributed by atoms with Crippen molar-refractivity contribution >= 4 is 22.7 Å². The number of hydrogen-bond donors (Lipinski definition) is 5. The molecule has 0 bridgehead atoms. The number of carbonyl (C=O) groups excluding carboxylic acids is 2. The Bertz CT molecular complexity index is 1260. The predicted octanol–water partition coefficient (Wildman–Crippen LogP) is 3.68. The van der Waals surface area contributed by atoms with E-state index in [4.69, 9.17) is 0 Å². The molecule has 2 aliphatic rings. The molecular weight excluding hydrogens is 494 g/mol. The molecule has 1 saturated carbocycles. The summed E-state index contributed by atoms with van der Waals surface area (Å²) < 4.78 is 0. The number of aromatic nitrogens is 3. The van der Waals surface area contributed by atoms with Gasteiger partial charge in [0, 0.05) is 35.6 Å². The zero-order valence-corrected chi connectivity index (χ0v) is 22.9. The monoisotopic (exact) mass is 535 g/mol. The Kier molecular flexibility index (Phi) is 8.37. The van der Waals surface area contributed by atoms with Crippen molar-refractivity contribution in [1.82, 2.24) is 25.4 Å². The smallest absolute Gasteiger partial charge is 0.271 e. The molecule has 1 aliphatic heterocycles. The van der Waals surface area contributed by atoms with Crippen molar-refractivity contribution in [1.29, 1.82) is 0 Å². The van der Waals surface area contributed by atoms with E-state index in [1.807, 2.05) is 38.1 Å². The number of aliphatic hydroxyl groups excluding tert-OH is 2. The van der Waals surface area contributed by atoms with Crippen LogP contribution in [0.1, 0.15) is 80.5 Å². The summed E-state index contributed by atoms with van der Waals surface area (Å²) in [6, 6.07) is 8.18. The van der Waals surface area contributed by atoms with Crippen LogP contribution >= 0.6 is 0 Å². The van der Waals surface area contributed by atoms with Gasteiger partial charge in [0.15, 0.2) is 0 Å². The average Bonchev–Trinajstić information content (AvgIpc) is 3.64. The molecule has 3 heterocycles. The Morgan fingerprint density at radius 3 is 2.64 bits per heavy atom. The largest absolute Gasteiger partial charge is 0.390 e. The zero-order chi connectivity index (χ0) is 27.5. The van der Waals surface area contributed by atoms with Crippen LogP contribution in [0, 0.1) is 11.8 Å². The highest BCUT2D eigenvalue weighted by Gasteiger charge is 2.40. The number of amides is 2. The highest BCUT2D eigenvalue weighted by Crippen LogP contribution is 2.33. The SMILES string of the molecule is CC(C)CC(O)C(O)C(CC1CCCCC1)NC(=O)C(Cc1cc[nH]n1)N1Cc2c([nH]c3ccccc23)C1=O. The quantitative estimate of drug-likeness (QED) is 0.255. The van der Waals surface area contributed by atoms with Crippen molar-refractivity contribution in [2.45, 2.75) is 96.1 Å². The normalized spacial score (nSPS) is 19.3. The average molecular weight is 536 g/mol. The van der Waals surface area contributed by atoms with Crippen molar-refractivity contribution in [2.75, 3.05) is 0 Å². The third-order valence-corrected chi connectivity index (χ3v) is 8.42. The number of fused-ring (bicyclic) bond motifs is 3. The highest BCUT2D eigenvalue weighted by molar-refractivity contribution is 6.05. The number of carbonyl (C=O) groups is 2. The first-order chi connectivity index (χ1) is 18.8. The van der Waals surface area contributed by atoms with Crippen LogP contribution in [0.5, 0.6) is 0 Å². The minimum Gasteiger partial charge on any atom is -0.390 e. The van der Waals surface area contributed by atoms with E-state index in [1.54, 1.807) is 17.2 Å². The number of benzene rings is 1. The zero-order valence-electron chi connectivity index (χ0n) is 22.9. The summed E-state index contributed by atoms with van der Waals surface area (Å²) in [5, 5.41) is 33.1. The first-order valence-corrected chi connectivity index (χ1v) is 14.4. The van der Waals surface area contributed by atoms with Crippen LogP contribution in [0.3, 0.4) is 0 Å². The molecule has 5 N–H and O–H groups in total. The van der Waals surface area contributed by atoms with Gasteiger partial charge in [0.2, 0.25) is 5.91 Å². The lowest BCUT2D eigenvalue weighted by atomic mass is 9.82. The fourth-order valence-corrected chi connectivity index (χ4v) is 6.37. The number of nitrogens with zero attached hydrogens (tertiary/aromatic N) is 2. The van der Waals surface area contributed by atoms with E-state index in [-0.39, 0.29) is 24.2 Å². The van der Waals surface area contributed by atoms with E-state index >= 15 is 0 Å².